The highest BCUT2D eigenvalue weighted by molar-refractivity contribution is 7.98. The Morgan fingerprint density at radius 1 is 1.04 bits per heavy atom. The van der Waals surface area contributed by atoms with Crippen molar-refractivity contribution < 1.29 is 4.42 Å². The van der Waals surface area contributed by atoms with E-state index >= 15 is 0 Å². The normalized spacial score (nSPS) is 12.3. The van der Waals surface area contributed by atoms with E-state index in [9.17, 15) is 0 Å². The van der Waals surface area contributed by atoms with Crippen LogP contribution in [-0.2, 0) is 12.2 Å². The Morgan fingerprint density at radius 3 is 2.61 bits per heavy atom. The first-order valence-corrected chi connectivity index (χ1v) is 8.57. The third-order valence-corrected chi connectivity index (χ3v) is 4.41. The minimum absolute atomic E-state index is 0.301. The zero-order chi connectivity index (χ0) is 16.1. The summed E-state index contributed by atoms with van der Waals surface area (Å²) in [6, 6.07) is 17.4. The molecule has 0 fully saturated rings. The predicted molar refractivity (Wildman–Crippen MR) is 92.4 cm³/mol. The molecule has 0 aliphatic carbocycles. The summed E-state index contributed by atoms with van der Waals surface area (Å²) in [6.45, 7) is 0. The summed E-state index contributed by atoms with van der Waals surface area (Å²) in [7, 11) is 0. The molecule has 0 saturated heterocycles. The molecule has 0 spiro atoms. The summed E-state index contributed by atoms with van der Waals surface area (Å²) >= 11 is 7.44. The lowest BCUT2D eigenvalue weighted by molar-refractivity contribution is 0.385. The van der Waals surface area contributed by atoms with Crippen molar-refractivity contribution in [2.75, 3.05) is 0 Å². The van der Waals surface area contributed by atoms with E-state index in [1.807, 2.05) is 54.6 Å². The van der Waals surface area contributed by atoms with Gasteiger partial charge in [-0.05, 0) is 29.7 Å². The number of aromatic nitrogens is 2. The molecule has 3 rings (SSSR count). The summed E-state index contributed by atoms with van der Waals surface area (Å²) in [5.41, 5.74) is 8.40. The van der Waals surface area contributed by atoms with Crippen molar-refractivity contribution in [1.82, 2.24) is 10.2 Å². The summed E-state index contributed by atoms with van der Waals surface area (Å²) < 4.78 is 5.65. The third-order valence-electron chi connectivity index (χ3n) is 3.29. The van der Waals surface area contributed by atoms with Gasteiger partial charge in [-0.2, -0.15) is 0 Å². The standard InChI is InChI=1S/C17H16ClN3OS/c18-14-8-4-7-13(9-14)11-23-17-21-20-16(22-17)15(19)10-12-5-2-1-3-6-12/h1-9,15H,10-11,19H2. The molecule has 1 atom stereocenters. The van der Waals surface area contributed by atoms with E-state index in [0.29, 0.717) is 17.5 Å². The largest absolute Gasteiger partial charge is 0.414 e. The van der Waals surface area contributed by atoms with Crippen molar-refractivity contribution in [2.24, 2.45) is 5.73 Å². The van der Waals surface area contributed by atoms with Crippen molar-refractivity contribution in [1.29, 1.82) is 0 Å². The lowest BCUT2D eigenvalue weighted by atomic mass is 10.1. The van der Waals surface area contributed by atoms with Gasteiger partial charge in [-0.1, -0.05) is 65.8 Å². The second kappa shape index (κ2) is 7.64. The van der Waals surface area contributed by atoms with Crippen LogP contribution in [0.15, 0.2) is 64.2 Å². The fourth-order valence-electron chi connectivity index (χ4n) is 2.16. The number of hydrogen-bond acceptors (Lipinski definition) is 5. The number of nitrogens with two attached hydrogens (primary N) is 1. The molecule has 3 aromatic rings. The number of thioether (sulfide) groups is 1. The van der Waals surface area contributed by atoms with Crippen LogP contribution in [0.4, 0.5) is 0 Å². The first kappa shape index (κ1) is 16.1. The van der Waals surface area contributed by atoms with Crippen LogP contribution in [0.2, 0.25) is 5.02 Å². The number of halogens is 1. The second-order valence-electron chi connectivity index (χ2n) is 5.12. The van der Waals surface area contributed by atoms with E-state index < -0.39 is 0 Å². The molecular weight excluding hydrogens is 330 g/mol. The van der Waals surface area contributed by atoms with E-state index in [-0.39, 0.29) is 6.04 Å². The third kappa shape index (κ3) is 4.58. The molecule has 1 heterocycles. The smallest absolute Gasteiger partial charge is 0.276 e. The van der Waals surface area contributed by atoms with Crippen LogP contribution in [0.3, 0.4) is 0 Å². The van der Waals surface area contributed by atoms with Crippen LogP contribution < -0.4 is 5.73 Å². The minimum Gasteiger partial charge on any atom is -0.414 e. The second-order valence-corrected chi connectivity index (χ2v) is 6.48. The van der Waals surface area contributed by atoms with Gasteiger partial charge in [-0.15, -0.1) is 10.2 Å². The molecule has 23 heavy (non-hydrogen) atoms. The molecule has 0 radical (unpaired) electrons. The Balaban J connectivity index is 1.59. The van der Waals surface area contributed by atoms with Crippen LogP contribution in [0.5, 0.6) is 0 Å². The molecule has 0 saturated carbocycles. The monoisotopic (exact) mass is 345 g/mol. The number of hydrogen-bond donors (Lipinski definition) is 1. The van der Waals surface area contributed by atoms with Crippen LogP contribution in [0.1, 0.15) is 23.1 Å². The highest BCUT2D eigenvalue weighted by atomic mass is 35.5. The molecule has 2 N–H and O–H groups in total. The van der Waals surface area contributed by atoms with Gasteiger partial charge in [0.15, 0.2) is 0 Å². The van der Waals surface area contributed by atoms with E-state index in [4.69, 9.17) is 21.8 Å². The molecule has 0 aliphatic heterocycles. The first-order valence-electron chi connectivity index (χ1n) is 7.21. The van der Waals surface area contributed by atoms with Gasteiger partial charge in [0.25, 0.3) is 5.22 Å². The van der Waals surface area contributed by atoms with Crippen LogP contribution >= 0.6 is 23.4 Å². The van der Waals surface area contributed by atoms with Crippen molar-refractivity contribution in [3.63, 3.8) is 0 Å². The van der Waals surface area contributed by atoms with E-state index in [0.717, 1.165) is 21.9 Å². The molecule has 0 aliphatic rings. The highest BCUT2D eigenvalue weighted by Gasteiger charge is 2.15. The van der Waals surface area contributed by atoms with Gasteiger partial charge in [0, 0.05) is 10.8 Å². The molecule has 118 valence electrons. The van der Waals surface area contributed by atoms with Gasteiger partial charge in [0.2, 0.25) is 5.89 Å². The fourth-order valence-corrected chi connectivity index (χ4v) is 3.08. The van der Waals surface area contributed by atoms with Crippen molar-refractivity contribution in [3.8, 4) is 0 Å². The highest BCUT2D eigenvalue weighted by Crippen LogP contribution is 2.25. The van der Waals surface area contributed by atoms with Crippen molar-refractivity contribution >= 4 is 23.4 Å². The molecule has 1 aromatic heterocycles. The van der Waals surface area contributed by atoms with Gasteiger partial charge < -0.3 is 10.2 Å². The summed E-state index contributed by atoms with van der Waals surface area (Å²) in [6.07, 6.45) is 0.668. The van der Waals surface area contributed by atoms with Crippen molar-refractivity contribution in [3.05, 3.63) is 76.6 Å². The van der Waals surface area contributed by atoms with Gasteiger partial charge in [0.05, 0.1) is 6.04 Å². The Kier molecular flexibility index (Phi) is 5.33. The average Bonchev–Trinajstić information content (AvgIpc) is 3.03. The Labute approximate surface area is 144 Å². The van der Waals surface area contributed by atoms with Gasteiger partial charge in [-0.25, -0.2) is 0 Å². The number of nitrogens with zero attached hydrogens (tertiary/aromatic N) is 2. The maximum Gasteiger partial charge on any atom is 0.276 e. The molecule has 1 unspecified atom stereocenters. The van der Waals surface area contributed by atoms with Crippen LogP contribution in [-0.4, -0.2) is 10.2 Å². The maximum absolute atomic E-state index is 6.14. The first-order chi connectivity index (χ1) is 11.2. The minimum atomic E-state index is -0.301. The summed E-state index contributed by atoms with van der Waals surface area (Å²) in [5.74, 6) is 1.18. The molecule has 6 heteroatoms. The quantitative estimate of drug-likeness (QED) is 0.676. The molecule has 0 amide bonds. The Morgan fingerprint density at radius 2 is 1.83 bits per heavy atom. The lowest BCUT2D eigenvalue weighted by Gasteiger charge is -2.06. The topological polar surface area (TPSA) is 64.9 Å². The lowest BCUT2D eigenvalue weighted by Crippen LogP contribution is -2.13. The van der Waals surface area contributed by atoms with Crippen LogP contribution in [0.25, 0.3) is 0 Å². The van der Waals surface area contributed by atoms with Crippen molar-refractivity contribution in [2.45, 2.75) is 23.4 Å². The Bertz CT molecular complexity index is 763. The molecular formula is C17H16ClN3OS. The van der Waals surface area contributed by atoms with E-state index in [1.54, 1.807) is 0 Å². The van der Waals surface area contributed by atoms with E-state index in [2.05, 4.69) is 10.2 Å². The molecule has 2 aromatic carbocycles. The SMILES string of the molecule is NC(Cc1ccccc1)c1nnc(SCc2cccc(Cl)c2)o1. The summed E-state index contributed by atoms with van der Waals surface area (Å²) in [5, 5.41) is 9.34. The average molecular weight is 346 g/mol. The zero-order valence-corrected chi connectivity index (χ0v) is 13.9. The zero-order valence-electron chi connectivity index (χ0n) is 12.4. The molecule has 0 bridgehead atoms. The number of rotatable bonds is 6. The van der Waals surface area contributed by atoms with Gasteiger partial charge in [0.1, 0.15) is 0 Å². The van der Waals surface area contributed by atoms with Gasteiger partial charge in [-0.3, -0.25) is 0 Å². The summed E-state index contributed by atoms with van der Waals surface area (Å²) in [4.78, 5) is 0. The van der Waals surface area contributed by atoms with E-state index in [1.165, 1.54) is 11.8 Å². The Hall–Kier alpha value is -1.82. The maximum atomic E-state index is 6.14. The fraction of sp³-hybridized carbons (Fsp3) is 0.176. The van der Waals surface area contributed by atoms with Gasteiger partial charge >= 0.3 is 0 Å². The predicted octanol–water partition coefficient (Wildman–Crippen LogP) is 4.26. The number of benzene rings is 2. The van der Waals surface area contributed by atoms with Crippen LogP contribution in [0, 0.1) is 0 Å². The molecule has 4 nitrogen and oxygen atoms in total.